The number of hydrogen-bond donors (Lipinski definition) is 1. The van der Waals surface area contributed by atoms with E-state index in [1.54, 1.807) is 19.2 Å². The van der Waals surface area contributed by atoms with Crippen molar-refractivity contribution in [3.05, 3.63) is 36.0 Å². The van der Waals surface area contributed by atoms with Crippen molar-refractivity contribution in [3.8, 4) is 11.6 Å². The normalized spacial score (nSPS) is 30.4. The van der Waals surface area contributed by atoms with Crippen molar-refractivity contribution in [2.75, 3.05) is 13.7 Å². The summed E-state index contributed by atoms with van der Waals surface area (Å²) in [4.78, 5) is 68.7. The number of sulfonamides is 1. The van der Waals surface area contributed by atoms with Gasteiger partial charge < -0.3 is 19.1 Å². The maximum absolute atomic E-state index is 15.1. The minimum absolute atomic E-state index is 0.102. The zero-order valence-electron chi connectivity index (χ0n) is 35.2. The lowest BCUT2D eigenvalue weighted by Crippen LogP contribution is -2.50. The third kappa shape index (κ3) is 9.18. The standard InChI is InChI=1S/C44H58F2N4O9S/c1-6-28-36-24-50(38(28)34(51)23-44(22-30(44)39(45)46)42(54)49-60(55,56)27-17-18-27)41(53)29(43(2,3)4)21-37(52)58-35-15-11-10-13-25(35)12-8-7-9-14-32-40(59-36)48-33-20-26(57-5)16-19-31(33)47-32/h10-11,16,19-20,25,27-30,35-36,38-39H,6-9,12-15,17-18,21-24H2,1-5H3,(H,49,54)/t25-,28-,29-,30+,35-,36+,38+,44-/m1/s1. The van der Waals surface area contributed by atoms with E-state index in [1.165, 1.54) is 4.90 Å². The largest absolute Gasteiger partial charge is 0.497 e. The number of rotatable bonds is 9. The monoisotopic (exact) mass is 856 g/mol. The molecule has 3 fully saturated rings. The molecule has 328 valence electrons. The molecule has 0 spiro atoms. The second kappa shape index (κ2) is 17.3. The molecule has 1 saturated heterocycles. The summed E-state index contributed by atoms with van der Waals surface area (Å²) in [5.74, 6) is -5.06. The molecule has 2 aliphatic heterocycles. The molecule has 0 unspecified atom stereocenters. The number of carbonyl (C=O) groups excluding carboxylic acids is 4. The Labute approximate surface area is 350 Å². The second-order valence-electron chi connectivity index (χ2n) is 18.6. The number of ketones is 1. The van der Waals surface area contributed by atoms with Gasteiger partial charge in [0.15, 0.2) is 5.78 Å². The first kappa shape index (κ1) is 43.9. The van der Waals surface area contributed by atoms with Gasteiger partial charge in [0.05, 0.1) is 53.7 Å². The summed E-state index contributed by atoms with van der Waals surface area (Å²) in [6.45, 7) is 7.24. The zero-order chi connectivity index (χ0) is 43.1. The third-order valence-corrected chi connectivity index (χ3v) is 15.2. The topological polar surface area (TPSA) is 171 Å². The minimum Gasteiger partial charge on any atom is -0.497 e. The number of benzene rings is 1. The molecule has 5 aliphatic rings. The highest BCUT2D eigenvalue weighted by molar-refractivity contribution is 7.90. The van der Waals surface area contributed by atoms with E-state index >= 15 is 4.79 Å². The average Bonchev–Trinajstić information content (AvgIpc) is 4.13. The molecular formula is C44H58F2N4O9S. The molecule has 60 heavy (non-hydrogen) atoms. The number of esters is 1. The summed E-state index contributed by atoms with van der Waals surface area (Å²) in [6.07, 6.45) is 4.93. The third-order valence-electron chi connectivity index (χ3n) is 13.4. The van der Waals surface area contributed by atoms with Gasteiger partial charge in [0, 0.05) is 30.7 Å². The predicted octanol–water partition coefficient (Wildman–Crippen LogP) is 6.51. The second-order valence-corrected chi connectivity index (χ2v) is 20.5. The number of amides is 2. The lowest BCUT2D eigenvalue weighted by atomic mass is 9.77. The Hall–Kier alpha value is -4.21. The van der Waals surface area contributed by atoms with Crippen LogP contribution in [0, 0.1) is 34.5 Å². The quantitative estimate of drug-likeness (QED) is 0.216. The molecule has 1 aromatic heterocycles. The Balaban J connectivity index is 1.28. The zero-order valence-corrected chi connectivity index (χ0v) is 36.0. The highest BCUT2D eigenvalue weighted by Gasteiger charge is 2.66. The minimum atomic E-state index is -4.11. The molecule has 13 nitrogen and oxygen atoms in total. The lowest BCUT2D eigenvalue weighted by Gasteiger charge is -2.36. The van der Waals surface area contributed by atoms with E-state index in [2.05, 4.69) is 6.08 Å². The number of nitrogens with zero attached hydrogens (tertiary/aromatic N) is 3. The van der Waals surface area contributed by atoms with Crippen molar-refractivity contribution in [2.45, 2.75) is 141 Å². The van der Waals surface area contributed by atoms with E-state index in [9.17, 15) is 31.6 Å². The predicted molar refractivity (Wildman–Crippen MR) is 218 cm³/mol. The van der Waals surface area contributed by atoms with Crippen molar-refractivity contribution in [1.29, 1.82) is 0 Å². The molecule has 1 aromatic carbocycles. The van der Waals surface area contributed by atoms with Gasteiger partial charge in [-0.25, -0.2) is 27.2 Å². The van der Waals surface area contributed by atoms with Crippen LogP contribution >= 0.6 is 0 Å². The number of alkyl halides is 2. The number of carbonyl (C=O) groups is 4. The fourth-order valence-corrected chi connectivity index (χ4v) is 10.9. The number of halogens is 2. The molecular weight excluding hydrogens is 799 g/mol. The molecule has 3 aliphatic carbocycles. The maximum atomic E-state index is 15.1. The molecule has 3 heterocycles. The fraction of sp³-hybridized carbons (Fsp3) is 0.682. The number of aromatic nitrogens is 2. The van der Waals surface area contributed by atoms with Gasteiger partial charge >= 0.3 is 5.97 Å². The molecule has 2 saturated carbocycles. The highest BCUT2D eigenvalue weighted by Crippen LogP contribution is 2.59. The van der Waals surface area contributed by atoms with Gasteiger partial charge in [-0.2, -0.15) is 0 Å². The van der Waals surface area contributed by atoms with Gasteiger partial charge in [-0.3, -0.25) is 23.9 Å². The molecule has 16 heteroatoms. The van der Waals surface area contributed by atoms with Crippen molar-refractivity contribution in [3.63, 3.8) is 0 Å². The summed E-state index contributed by atoms with van der Waals surface area (Å²) < 4.78 is 74.8. The molecule has 2 aromatic rings. The molecule has 2 bridgehead atoms. The van der Waals surface area contributed by atoms with Gasteiger partial charge in [-0.15, -0.1) is 0 Å². The van der Waals surface area contributed by atoms with Crippen LogP contribution in [0.5, 0.6) is 11.6 Å². The summed E-state index contributed by atoms with van der Waals surface area (Å²) >= 11 is 0. The van der Waals surface area contributed by atoms with Gasteiger partial charge in [-0.05, 0) is 74.8 Å². The Morgan fingerprint density at radius 2 is 1.77 bits per heavy atom. The molecule has 1 N–H and O–H groups in total. The van der Waals surface area contributed by atoms with Crippen LogP contribution in [0.3, 0.4) is 0 Å². The average molecular weight is 857 g/mol. The van der Waals surface area contributed by atoms with Gasteiger partial charge in [0.2, 0.25) is 34.1 Å². The highest BCUT2D eigenvalue weighted by atomic mass is 32.2. The number of fused-ring (bicyclic) bond motifs is 5. The van der Waals surface area contributed by atoms with Crippen molar-refractivity contribution < 1.29 is 50.6 Å². The summed E-state index contributed by atoms with van der Waals surface area (Å²) in [7, 11) is -2.56. The molecule has 0 radical (unpaired) electrons. The smallest absolute Gasteiger partial charge is 0.306 e. The van der Waals surface area contributed by atoms with Crippen LogP contribution in [-0.2, 0) is 40.4 Å². The van der Waals surface area contributed by atoms with Gasteiger partial charge in [0.1, 0.15) is 23.7 Å². The van der Waals surface area contributed by atoms with Crippen molar-refractivity contribution >= 4 is 44.6 Å². The first-order valence-electron chi connectivity index (χ1n) is 21.5. The van der Waals surface area contributed by atoms with Crippen molar-refractivity contribution in [1.82, 2.24) is 19.6 Å². The van der Waals surface area contributed by atoms with E-state index in [0.717, 1.165) is 32.1 Å². The van der Waals surface area contributed by atoms with E-state index < -0.39 is 92.4 Å². The Morgan fingerprint density at radius 1 is 1.02 bits per heavy atom. The van der Waals surface area contributed by atoms with E-state index in [4.69, 9.17) is 24.2 Å². The molecule has 7 rings (SSSR count). The number of hydrogen-bond acceptors (Lipinski definition) is 11. The van der Waals surface area contributed by atoms with Crippen LogP contribution in [0.2, 0.25) is 0 Å². The summed E-state index contributed by atoms with van der Waals surface area (Å²) in [5.41, 5.74) is -0.991. The van der Waals surface area contributed by atoms with Crippen LogP contribution in [0.1, 0.15) is 110 Å². The molecule has 8 atom stereocenters. The van der Waals surface area contributed by atoms with Gasteiger partial charge in [-0.1, -0.05) is 52.7 Å². The summed E-state index contributed by atoms with van der Waals surface area (Å²) in [5, 5.41) is -0.785. The maximum Gasteiger partial charge on any atom is 0.306 e. The van der Waals surface area contributed by atoms with Gasteiger partial charge in [0.25, 0.3) is 0 Å². The summed E-state index contributed by atoms with van der Waals surface area (Å²) in [6, 6.07) is 4.12. The van der Waals surface area contributed by atoms with Crippen LogP contribution in [0.15, 0.2) is 30.4 Å². The number of Topliss-reactive ketones (excluding diaryl/α,β-unsaturated/α-hetero) is 1. The van der Waals surface area contributed by atoms with Crippen molar-refractivity contribution in [2.24, 2.45) is 34.5 Å². The van der Waals surface area contributed by atoms with E-state index in [-0.39, 0.29) is 37.3 Å². The number of aryl methyl sites for hydroxylation is 1. The first-order valence-corrected chi connectivity index (χ1v) is 23.0. The van der Waals surface area contributed by atoms with Crippen LogP contribution in [0.4, 0.5) is 8.78 Å². The van der Waals surface area contributed by atoms with Crippen LogP contribution in [0.25, 0.3) is 11.0 Å². The number of methoxy groups -OCH3 is 1. The SMILES string of the molecule is CC[C@@H]1[C@@H]2CN(C(=O)[C@H](C(C)(C)C)CC(=O)O[C@@H]3CC=CC[C@H]3CCCCCc3nc4ccc(OC)cc4nc3O2)[C@@H]1C(=O)C[C@]1(C(=O)NS(=O)(=O)C2CC2)C[C@H]1C(F)F. The van der Waals surface area contributed by atoms with Crippen LogP contribution < -0.4 is 14.2 Å². The Bertz CT molecular complexity index is 2120. The Kier molecular flexibility index (Phi) is 12.6. The first-order chi connectivity index (χ1) is 28.4. The number of ether oxygens (including phenoxy) is 3. The van der Waals surface area contributed by atoms with E-state index in [0.29, 0.717) is 54.6 Å². The fourth-order valence-electron chi connectivity index (χ4n) is 9.54. The van der Waals surface area contributed by atoms with E-state index in [1.807, 2.05) is 44.6 Å². The number of nitrogens with one attached hydrogen (secondary N) is 1. The lowest BCUT2D eigenvalue weighted by molar-refractivity contribution is -0.159. The Morgan fingerprint density at radius 3 is 2.43 bits per heavy atom. The van der Waals surface area contributed by atoms with Crippen LogP contribution in [-0.4, -0.2) is 90.4 Å². The number of allylic oxidation sites excluding steroid dienone is 1. The molecule has 2 amide bonds.